The number of fused-ring (bicyclic) bond motifs is 1. The van der Waals surface area contributed by atoms with Crippen LogP contribution in [0.3, 0.4) is 0 Å². The van der Waals surface area contributed by atoms with Crippen LogP contribution in [0.15, 0.2) is 83.8 Å². The Bertz CT molecular complexity index is 1560. The van der Waals surface area contributed by atoms with Crippen molar-refractivity contribution in [3.05, 3.63) is 105 Å². The van der Waals surface area contributed by atoms with Crippen LogP contribution < -0.4 is 14.2 Å². The zero-order valence-electron chi connectivity index (χ0n) is 20.9. The quantitative estimate of drug-likeness (QED) is 0.188. The lowest BCUT2D eigenvalue weighted by atomic mass is 10.1. The molecule has 4 aromatic rings. The number of nitrogens with zero attached hydrogens (tertiary/aromatic N) is 1. The molecule has 198 valence electrons. The summed E-state index contributed by atoms with van der Waals surface area (Å²) in [7, 11) is 1.54. The molecule has 0 N–H and O–H groups in total. The molecule has 0 aliphatic carbocycles. The third-order valence-corrected chi connectivity index (χ3v) is 7.73. The Labute approximate surface area is 240 Å². The van der Waals surface area contributed by atoms with Crippen molar-refractivity contribution in [2.24, 2.45) is 0 Å². The minimum Gasteiger partial charge on any atom is -0.493 e. The maximum absolute atomic E-state index is 13.0. The van der Waals surface area contributed by atoms with E-state index >= 15 is 0 Å². The zero-order valence-corrected chi connectivity index (χ0v) is 23.2. The molecule has 0 spiro atoms. The number of methoxy groups -OCH3 is 1. The minimum atomic E-state index is -0.368. The minimum absolute atomic E-state index is 0.130. The van der Waals surface area contributed by atoms with Gasteiger partial charge in [0.2, 0.25) is 0 Å². The van der Waals surface area contributed by atoms with Crippen LogP contribution in [0.5, 0.6) is 17.2 Å². The van der Waals surface area contributed by atoms with Gasteiger partial charge in [0, 0.05) is 21.0 Å². The highest BCUT2D eigenvalue weighted by molar-refractivity contribution is 8.18. The van der Waals surface area contributed by atoms with E-state index in [0.717, 1.165) is 22.5 Å². The van der Waals surface area contributed by atoms with Crippen molar-refractivity contribution in [1.29, 1.82) is 0 Å². The van der Waals surface area contributed by atoms with Crippen molar-refractivity contribution in [3.8, 4) is 17.2 Å². The second-order valence-electron chi connectivity index (χ2n) is 8.56. The van der Waals surface area contributed by atoms with Gasteiger partial charge in [-0.05, 0) is 59.1 Å². The van der Waals surface area contributed by atoms with Crippen LogP contribution in [0, 0.1) is 0 Å². The molecule has 6 nitrogen and oxygen atoms in total. The number of amides is 2. The summed E-state index contributed by atoms with van der Waals surface area (Å²) in [4.78, 5) is 27.2. The lowest BCUT2D eigenvalue weighted by Crippen LogP contribution is -2.32. The van der Waals surface area contributed by atoms with E-state index in [0.29, 0.717) is 43.3 Å². The van der Waals surface area contributed by atoms with Crippen LogP contribution in [0.4, 0.5) is 4.79 Å². The van der Waals surface area contributed by atoms with Gasteiger partial charge < -0.3 is 14.2 Å². The fourth-order valence-corrected chi connectivity index (χ4v) is 5.50. The highest BCUT2D eigenvalue weighted by Crippen LogP contribution is 2.35. The summed E-state index contributed by atoms with van der Waals surface area (Å²) in [5, 5.41) is 2.68. The standard InChI is InChI=1S/C30H23Cl2NO5S/c1-36-26-13-12-19(16-27(26)38-18-22-23(31)9-5-10-24(22)32)17-28-29(34)33(30(35)39-28)14-15-37-25-11-4-7-20-6-2-3-8-21(20)25/h2-13,16-17H,14-15,18H2,1H3/b28-17-. The molecule has 0 aromatic heterocycles. The van der Waals surface area contributed by atoms with Gasteiger partial charge in [-0.25, -0.2) is 0 Å². The Hall–Kier alpha value is -3.65. The average molecular weight is 580 g/mol. The molecular weight excluding hydrogens is 557 g/mol. The highest BCUT2D eigenvalue weighted by atomic mass is 35.5. The molecule has 0 saturated carbocycles. The zero-order chi connectivity index (χ0) is 27.4. The molecule has 4 aromatic carbocycles. The number of ether oxygens (including phenoxy) is 3. The van der Waals surface area contributed by atoms with Gasteiger partial charge in [0.15, 0.2) is 11.5 Å². The van der Waals surface area contributed by atoms with Crippen LogP contribution >= 0.6 is 35.0 Å². The van der Waals surface area contributed by atoms with E-state index in [1.165, 1.54) is 12.0 Å². The van der Waals surface area contributed by atoms with Crippen LogP contribution in [-0.2, 0) is 11.4 Å². The summed E-state index contributed by atoms with van der Waals surface area (Å²) >= 11 is 13.4. The molecule has 0 atom stereocenters. The Kier molecular flexibility index (Phi) is 8.31. The molecule has 9 heteroatoms. The Morgan fingerprint density at radius 2 is 1.59 bits per heavy atom. The van der Waals surface area contributed by atoms with Crippen molar-refractivity contribution in [3.63, 3.8) is 0 Å². The largest absolute Gasteiger partial charge is 0.493 e. The summed E-state index contributed by atoms with van der Waals surface area (Å²) in [6, 6.07) is 24.2. The number of imide groups is 1. The van der Waals surface area contributed by atoms with Gasteiger partial charge in [0.25, 0.3) is 11.1 Å². The number of halogens is 2. The van der Waals surface area contributed by atoms with E-state index < -0.39 is 0 Å². The lowest BCUT2D eigenvalue weighted by Gasteiger charge is -2.14. The number of rotatable bonds is 9. The van der Waals surface area contributed by atoms with Gasteiger partial charge in [-0.1, -0.05) is 71.7 Å². The second-order valence-corrected chi connectivity index (χ2v) is 10.4. The summed E-state index contributed by atoms with van der Waals surface area (Å²) < 4.78 is 17.3. The predicted molar refractivity (Wildman–Crippen MR) is 156 cm³/mol. The summed E-state index contributed by atoms with van der Waals surface area (Å²) in [5.41, 5.74) is 1.33. The van der Waals surface area contributed by atoms with E-state index in [4.69, 9.17) is 37.4 Å². The molecule has 0 unspecified atom stereocenters. The van der Waals surface area contributed by atoms with Crippen LogP contribution in [0.2, 0.25) is 10.0 Å². The maximum Gasteiger partial charge on any atom is 0.293 e. The van der Waals surface area contributed by atoms with Crippen molar-refractivity contribution in [2.75, 3.05) is 20.3 Å². The normalized spacial score (nSPS) is 14.3. The molecule has 0 bridgehead atoms. The monoisotopic (exact) mass is 579 g/mol. The second kappa shape index (κ2) is 12.0. The number of hydrogen-bond acceptors (Lipinski definition) is 6. The Morgan fingerprint density at radius 3 is 2.38 bits per heavy atom. The molecule has 1 heterocycles. The van der Waals surface area contributed by atoms with Crippen LogP contribution in [-0.4, -0.2) is 36.3 Å². The van der Waals surface area contributed by atoms with Gasteiger partial charge in [0.1, 0.15) is 19.0 Å². The average Bonchev–Trinajstić information content (AvgIpc) is 3.20. The number of carbonyl (C=O) groups excluding carboxylic acids is 2. The summed E-state index contributed by atoms with van der Waals surface area (Å²) in [6.45, 7) is 0.455. The molecule has 1 saturated heterocycles. The first-order valence-electron chi connectivity index (χ1n) is 12.0. The molecule has 1 fully saturated rings. The SMILES string of the molecule is COc1ccc(/C=C2\SC(=O)N(CCOc3cccc4ccccc34)C2=O)cc1OCc1c(Cl)cccc1Cl. The number of carbonyl (C=O) groups is 2. The van der Waals surface area contributed by atoms with Crippen LogP contribution in [0.1, 0.15) is 11.1 Å². The molecule has 2 amide bonds. The first-order valence-corrected chi connectivity index (χ1v) is 13.6. The topological polar surface area (TPSA) is 65.1 Å². The highest BCUT2D eigenvalue weighted by Gasteiger charge is 2.34. The summed E-state index contributed by atoms with van der Waals surface area (Å²) in [6.07, 6.45) is 1.66. The van der Waals surface area contributed by atoms with Gasteiger partial charge in [0.05, 0.1) is 18.6 Å². The molecule has 39 heavy (non-hydrogen) atoms. The maximum atomic E-state index is 13.0. The summed E-state index contributed by atoms with van der Waals surface area (Å²) in [5.74, 6) is 1.30. The fourth-order valence-electron chi connectivity index (χ4n) is 4.13. The van der Waals surface area contributed by atoms with E-state index in [1.807, 2.05) is 42.5 Å². The smallest absolute Gasteiger partial charge is 0.293 e. The van der Waals surface area contributed by atoms with E-state index in [9.17, 15) is 9.59 Å². The van der Waals surface area contributed by atoms with E-state index in [1.54, 1.807) is 42.5 Å². The molecule has 1 aliphatic rings. The van der Waals surface area contributed by atoms with E-state index in [-0.39, 0.29) is 30.9 Å². The molecular formula is C30H23Cl2NO5S. The molecule has 0 radical (unpaired) electrons. The predicted octanol–water partition coefficient (Wildman–Crippen LogP) is 7.85. The lowest BCUT2D eigenvalue weighted by molar-refractivity contribution is -0.123. The van der Waals surface area contributed by atoms with Crippen LogP contribution in [0.25, 0.3) is 16.8 Å². The first kappa shape index (κ1) is 26.9. The molecule has 5 rings (SSSR count). The van der Waals surface area contributed by atoms with Crippen molar-refractivity contribution < 1.29 is 23.8 Å². The van der Waals surface area contributed by atoms with Gasteiger partial charge in [-0.15, -0.1) is 0 Å². The number of hydrogen-bond donors (Lipinski definition) is 0. The van der Waals surface area contributed by atoms with Gasteiger partial charge in [-0.2, -0.15) is 0 Å². The Balaban J connectivity index is 1.27. The van der Waals surface area contributed by atoms with Crippen molar-refractivity contribution in [2.45, 2.75) is 6.61 Å². The van der Waals surface area contributed by atoms with Gasteiger partial charge >= 0.3 is 0 Å². The van der Waals surface area contributed by atoms with Crippen molar-refractivity contribution in [1.82, 2.24) is 4.90 Å². The molecule has 1 aliphatic heterocycles. The Morgan fingerprint density at radius 1 is 0.846 bits per heavy atom. The van der Waals surface area contributed by atoms with Crippen molar-refractivity contribution >= 4 is 63.0 Å². The first-order chi connectivity index (χ1) is 18.9. The fraction of sp³-hybridized carbons (Fsp3) is 0.133. The number of thioether (sulfide) groups is 1. The third kappa shape index (κ3) is 6.01. The number of benzene rings is 4. The third-order valence-electron chi connectivity index (χ3n) is 6.11. The van der Waals surface area contributed by atoms with E-state index in [2.05, 4.69) is 0 Å². The van der Waals surface area contributed by atoms with Gasteiger partial charge in [-0.3, -0.25) is 14.5 Å².